The molecule has 0 fully saturated rings. The van der Waals surface area contributed by atoms with Gasteiger partial charge >= 0.3 is 5.97 Å². The SMILES string of the molecule is COC(=O)[C@@]1(c2cccc(Cl)c2)C=C(C(=O)c2ccccc2)[C@H](c2ccc([N+](=O)[O-])cc2)N1. The lowest BCUT2D eigenvalue weighted by atomic mass is 9.89. The molecule has 3 aromatic rings. The molecule has 1 aliphatic rings. The van der Waals surface area contributed by atoms with E-state index in [2.05, 4.69) is 5.32 Å². The number of nitro groups is 1. The second-order valence-electron chi connectivity index (χ2n) is 7.53. The number of Topliss-reactive ketones (excluding diaryl/α,β-unsaturated/α-hetero) is 1. The summed E-state index contributed by atoms with van der Waals surface area (Å²) in [6.07, 6.45) is 1.56. The minimum Gasteiger partial charge on any atom is -0.467 e. The first-order valence-electron chi connectivity index (χ1n) is 10.0. The van der Waals surface area contributed by atoms with Crippen molar-refractivity contribution in [3.63, 3.8) is 0 Å². The zero-order valence-corrected chi connectivity index (χ0v) is 18.3. The number of nitrogens with one attached hydrogen (secondary N) is 1. The number of esters is 1. The number of hydrogen-bond acceptors (Lipinski definition) is 6. The third kappa shape index (κ3) is 4.16. The molecule has 0 radical (unpaired) electrons. The third-order valence-corrected chi connectivity index (χ3v) is 5.81. The molecule has 0 saturated heterocycles. The summed E-state index contributed by atoms with van der Waals surface area (Å²) in [5, 5.41) is 14.8. The molecule has 3 aromatic carbocycles. The van der Waals surface area contributed by atoms with Crippen LogP contribution in [-0.2, 0) is 15.1 Å². The minimum absolute atomic E-state index is 0.0780. The molecule has 1 N–H and O–H groups in total. The van der Waals surface area contributed by atoms with Crippen molar-refractivity contribution in [2.24, 2.45) is 0 Å². The maximum atomic E-state index is 13.5. The summed E-state index contributed by atoms with van der Waals surface area (Å²) in [6, 6.07) is 20.5. The van der Waals surface area contributed by atoms with Crippen molar-refractivity contribution in [1.82, 2.24) is 5.32 Å². The fourth-order valence-electron chi connectivity index (χ4n) is 3.97. The average molecular weight is 463 g/mol. The summed E-state index contributed by atoms with van der Waals surface area (Å²) in [7, 11) is 1.27. The van der Waals surface area contributed by atoms with Gasteiger partial charge in [-0.3, -0.25) is 20.2 Å². The Labute approximate surface area is 194 Å². The van der Waals surface area contributed by atoms with Crippen molar-refractivity contribution in [2.45, 2.75) is 11.6 Å². The first-order chi connectivity index (χ1) is 15.9. The molecule has 1 heterocycles. The smallest absolute Gasteiger partial charge is 0.334 e. The van der Waals surface area contributed by atoms with Crippen LogP contribution < -0.4 is 5.32 Å². The molecule has 2 atom stereocenters. The quantitative estimate of drug-likeness (QED) is 0.245. The van der Waals surface area contributed by atoms with Crippen molar-refractivity contribution in [3.05, 3.63) is 122 Å². The van der Waals surface area contributed by atoms with Crippen LogP contribution in [0.4, 0.5) is 5.69 Å². The Morgan fingerprint density at radius 3 is 2.33 bits per heavy atom. The van der Waals surface area contributed by atoms with Gasteiger partial charge in [-0.25, -0.2) is 4.79 Å². The predicted molar refractivity (Wildman–Crippen MR) is 123 cm³/mol. The Morgan fingerprint density at radius 2 is 1.73 bits per heavy atom. The average Bonchev–Trinajstić information content (AvgIpc) is 3.26. The van der Waals surface area contributed by atoms with E-state index in [1.807, 2.05) is 0 Å². The Bertz CT molecular complexity index is 1260. The molecular weight excluding hydrogens is 444 g/mol. The highest BCUT2D eigenvalue weighted by atomic mass is 35.5. The summed E-state index contributed by atoms with van der Waals surface area (Å²) < 4.78 is 5.11. The largest absolute Gasteiger partial charge is 0.467 e. The number of nitro benzene ring substituents is 1. The molecule has 0 aliphatic carbocycles. The van der Waals surface area contributed by atoms with E-state index in [-0.39, 0.29) is 11.5 Å². The summed E-state index contributed by atoms with van der Waals surface area (Å²) in [4.78, 5) is 37.2. The van der Waals surface area contributed by atoms with Crippen molar-refractivity contribution in [3.8, 4) is 0 Å². The number of hydrogen-bond donors (Lipinski definition) is 1. The molecule has 8 heteroatoms. The van der Waals surface area contributed by atoms with Crippen molar-refractivity contribution >= 4 is 29.0 Å². The fourth-order valence-corrected chi connectivity index (χ4v) is 4.16. The van der Waals surface area contributed by atoms with E-state index < -0.39 is 22.5 Å². The van der Waals surface area contributed by atoms with Gasteiger partial charge in [0, 0.05) is 28.3 Å². The van der Waals surface area contributed by atoms with Gasteiger partial charge in [-0.1, -0.05) is 66.2 Å². The molecule has 0 aromatic heterocycles. The van der Waals surface area contributed by atoms with Crippen LogP contribution >= 0.6 is 11.6 Å². The summed E-state index contributed by atoms with van der Waals surface area (Å²) in [5.74, 6) is -0.896. The van der Waals surface area contributed by atoms with E-state index in [0.29, 0.717) is 27.3 Å². The lowest BCUT2D eigenvalue weighted by molar-refractivity contribution is -0.384. The van der Waals surface area contributed by atoms with E-state index >= 15 is 0 Å². The van der Waals surface area contributed by atoms with E-state index in [0.717, 1.165) is 0 Å². The summed E-state index contributed by atoms with van der Waals surface area (Å²) in [5.41, 5.74) is 0.301. The van der Waals surface area contributed by atoms with E-state index in [1.54, 1.807) is 72.8 Å². The van der Waals surface area contributed by atoms with Gasteiger partial charge in [0.25, 0.3) is 5.69 Å². The minimum atomic E-state index is -1.48. The van der Waals surface area contributed by atoms with Gasteiger partial charge in [-0.2, -0.15) is 0 Å². The Balaban J connectivity index is 1.89. The molecule has 4 rings (SSSR count). The Morgan fingerprint density at radius 1 is 1.03 bits per heavy atom. The second-order valence-corrected chi connectivity index (χ2v) is 7.97. The van der Waals surface area contributed by atoms with Crippen LogP contribution in [0.3, 0.4) is 0 Å². The normalized spacial score (nSPS) is 19.6. The number of non-ortho nitro benzene ring substituents is 1. The van der Waals surface area contributed by atoms with Gasteiger partial charge < -0.3 is 4.74 Å². The molecule has 0 unspecified atom stereocenters. The van der Waals surface area contributed by atoms with Crippen LogP contribution in [0.5, 0.6) is 0 Å². The number of ether oxygens (including phenoxy) is 1. The van der Waals surface area contributed by atoms with Crippen molar-refractivity contribution in [1.29, 1.82) is 0 Å². The lowest BCUT2D eigenvalue weighted by Gasteiger charge is -2.28. The topological polar surface area (TPSA) is 98.5 Å². The first kappa shape index (κ1) is 22.4. The number of carbonyl (C=O) groups is 2. The van der Waals surface area contributed by atoms with Crippen molar-refractivity contribution < 1.29 is 19.2 Å². The number of methoxy groups -OCH3 is 1. The molecule has 0 saturated carbocycles. The molecule has 7 nitrogen and oxygen atoms in total. The van der Waals surface area contributed by atoms with Crippen LogP contribution in [0.1, 0.15) is 27.5 Å². The number of ketones is 1. The van der Waals surface area contributed by atoms with Crippen LogP contribution in [0.15, 0.2) is 90.5 Å². The van der Waals surface area contributed by atoms with Crippen LogP contribution in [0.25, 0.3) is 0 Å². The van der Waals surface area contributed by atoms with E-state index in [9.17, 15) is 19.7 Å². The zero-order chi connectivity index (χ0) is 23.6. The first-order valence-corrected chi connectivity index (χ1v) is 10.4. The monoisotopic (exact) mass is 462 g/mol. The van der Waals surface area contributed by atoms with Crippen LogP contribution in [0.2, 0.25) is 5.02 Å². The Hall–Kier alpha value is -3.81. The molecule has 0 spiro atoms. The number of nitrogens with zero attached hydrogens (tertiary/aromatic N) is 1. The summed E-state index contributed by atoms with van der Waals surface area (Å²) >= 11 is 6.20. The highest BCUT2D eigenvalue weighted by Crippen LogP contribution is 2.41. The second kappa shape index (κ2) is 8.97. The third-order valence-electron chi connectivity index (χ3n) is 5.58. The molecule has 33 heavy (non-hydrogen) atoms. The standard InChI is InChI=1S/C25H19ClN2O5/c1-33-24(30)25(18-8-5-9-19(26)14-18)15-21(23(29)17-6-3-2-4-7-17)22(27-25)16-10-12-20(13-11-16)28(31)32/h2-15,22,27H,1H3/t22-,25-/m0/s1. The van der Waals surface area contributed by atoms with Crippen molar-refractivity contribution in [2.75, 3.05) is 7.11 Å². The Kier molecular flexibility index (Phi) is 6.09. The number of rotatable bonds is 6. The highest BCUT2D eigenvalue weighted by Gasteiger charge is 2.49. The molecule has 0 bridgehead atoms. The van der Waals surface area contributed by atoms with E-state index in [1.165, 1.54) is 19.2 Å². The molecule has 0 amide bonds. The maximum Gasteiger partial charge on any atom is 0.334 e. The van der Waals surface area contributed by atoms with Crippen LogP contribution in [0, 0.1) is 10.1 Å². The van der Waals surface area contributed by atoms with Gasteiger partial charge in [-0.15, -0.1) is 0 Å². The summed E-state index contributed by atoms with van der Waals surface area (Å²) in [6.45, 7) is 0. The lowest BCUT2D eigenvalue weighted by Crippen LogP contribution is -2.46. The number of carbonyl (C=O) groups excluding carboxylic acids is 2. The molecular formula is C25H19ClN2O5. The van der Waals surface area contributed by atoms with Gasteiger partial charge in [0.15, 0.2) is 11.3 Å². The van der Waals surface area contributed by atoms with Gasteiger partial charge in [-0.05, 0) is 29.3 Å². The van der Waals surface area contributed by atoms with Gasteiger partial charge in [0.1, 0.15) is 0 Å². The number of halogens is 1. The van der Waals surface area contributed by atoms with E-state index in [4.69, 9.17) is 16.3 Å². The zero-order valence-electron chi connectivity index (χ0n) is 17.5. The fraction of sp³-hybridized carbons (Fsp3) is 0.120. The highest BCUT2D eigenvalue weighted by molar-refractivity contribution is 6.30. The van der Waals surface area contributed by atoms with Gasteiger partial charge in [0.05, 0.1) is 18.1 Å². The number of benzene rings is 3. The predicted octanol–water partition coefficient (Wildman–Crippen LogP) is 4.77. The molecule has 1 aliphatic heterocycles. The van der Waals surface area contributed by atoms with Crippen LogP contribution in [-0.4, -0.2) is 23.8 Å². The molecule has 166 valence electrons. The maximum absolute atomic E-state index is 13.5. The van der Waals surface area contributed by atoms with Gasteiger partial charge in [0.2, 0.25) is 0 Å².